The van der Waals surface area contributed by atoms with Gasteiger partial charge in [0, 0.05) is 5.56 Å². The molecular weight excluding hydrogens is 268 g/mol. The Morgan fingerprint density at radius 3 is 2.19 bits per heavy atom. The van der Waals surface area contributed by atoms with Crippen molar-refractivity contribution >= 4 is 0 Å². The van der Waals surface area contributed by atoms with E-state index in [1.165, 1.54) is 23.8 Å². The number of hydrogen-bond donors (Lipinski definition) is 1. The summed E-state index contributed by atoms with van der Waals surface area (Å²) in [5, 5.41) is 3.28. The van der Waals surface area contributed by atoms with E-state index in [-0.39, 0.29) is 11.5 Å². The molecule has 21 heavy (non-hydrogen) atoms. The number of rotatable bonds is 7. The SMILES string of the molecule is CCNCC(Cc1ccccc1)Cc1c(F)cccc1F. The number of hydrogen-bond acceptors (Lipinski definition) is 1. The van der Waals surface area contributed by atoms with Gasteiger partial charge in [-0.1, -0.05) is 43.3 Å². The van der Waals surface area contributed by atoms with Gasteiger partial charge in [0.15, 0.2) is 0 Å². The molecule has 0 aliphatic heterocycles. The molecule has 0 amide bonds. The van der Waals surface area contributed by atoms with Gasteiger partial charge in [-0.25, -0.2) is 8.78 Å². The van der Waals surface area contributed by atoms with Crippen molar-refractivity contribution in [3.63, 3.8) is 0 Å². The smallest absolute Gasteiger partial charge is 0.129 e. The van der Waals surface area contributed by atoms with Gasteiger partial charge in [-0.2, -0.15) is 0 Å². The van der Waals surface area contributed by atoms with Gasteiger partial charge in [-0.3, -0.25) is 0 Å². The van der Waals surface area contributed by atoms with Crippen molar-refractivity contribution < 1.29 is 8.78 Å². The minimum Gasteiger partial charge on any atom is -0.317 e. The minimum absolute atomic E-state index is 0.166. The summed E-state index contributed by atoms with van der Waals surface area (Å²) in [6.45, 7) is 3.63. The van der Waals surface area contributed by atoms with Crippen molar-refractivity contribution in [2.45, 2.75) is 19.8 Å². The van der Waals surface area contributed by atoms with Crippen molar-refractivity contribution in [2.24, 2.45) is 5.92 Å². The first kappa shape index (κ1) is 15.6. The largest absolute Gasteiger partial charge is 0.317 e. The summed E-state index contributed by atoms with van der Waals surface area (Å²) in [6.07, 6.45) is 1.21. The fourth-order valence-corrected chi connectivity index (χ4v) is 2.53. The van der Waals surface area contributed by atoms with Crippen LogP contribution < -0.4 is 5.32 Å². The first-order valence-electron chi connectivity index (χ1n) is 7.38. The predicted molar refractivity (Wildman–Crippen MR) is 82.2 cm³/mol. The Morgan fingerprint density at radius 1 is 0.905 bits per heavy atom. The molecule has 2 rings (SSSR count). The summed E-state index contributed by atoms with van der Waals surface area (Å²) in [5.74, 6) is -0.743. The second-order valence-corrected chi connectivity index (χ2v) is 5.27. The zero-order chi connectivity index (χ0) is 15.1. The van der Waals surface area contributed by atoms with E-state index in [0.29, 0.717) is 6.42 Å². The molecule has 3 heteroatoms. The highest BCUT2D eigenvalue weighted by atomic mass is 19.1. The van der Waals surface area contributed by atoms with Crippen molar-refractivity contribution in [3.05, 3.63) is 71.3 Å². The maximum absolute atomic E-state index is 13.8. The van der Waals surface area contributed by atoms with Crippen LogP contribution in [0.5, 0.6) is 0 Å². The first-order valence-corrected chi connectivity index (χ1v) is 7.38. The molecule has 2 aromatic carbocycles. The molecule has 0 bridgehead atoms. The molecule has 0 radical (unpaired) electrons. The van der Waals surface area contributed by atoms with Crippen LogP contribution in [0.3, 0.4) is 0 Å². The zero-order valence-corrected chi connectivity index (χ0v) is 12.3. The predicted octanol–water partition coefficient (Wildman–Crippen LogP) is 3.98. The van der Waals surface area contributed by atoms with Crippen LogP contribution in [0, 0.1) is 17.6 Å². The van der Waals surface area contributed by atoms with Gasteiger partial charge in [-0.15, -0.1) is 0 Å². The lowest BCUT2D eigenvalue weighted by atomic mass is 9.92. The maximum atomic E-state index is 13.8. The third-order valence-corrected chi connectivity index (χ3v) is 3.60. The Morgan fingerprint density at radius 2 is 1.57 bits per heavy atom. The summed E-state index contributed by atoms with van der Waals surface area (Å²) >= 11 is 0. The van der Waals surface area contributed by atoms with Crippen molar-refractivity contribution in [1.29, 1.82) is 0 Å². The van der Waals surface area contributed by atoms with Crippen LogP contribution in [0.4, 0.5) is 8.78 Å². The van der Waals surface area contributed by atoms with Gasteiger partial charge < -0.3 is 5.32 Å². The van der Waals surface area contributed by atoms with Crippen LogP contribution in [-0.2, 0) is 12.8 Å². The van der Waals surface area contributed by atoms with Gasteiger partial charge >= 0.3 is 0 Å². The quantitative estimate of drug-likeness (QED) is 0.813. The Hall–Kier alpha value is -1.74. The van der Waals surface area contributed by atoms with Crippen molar-refractivity contribution in [2.75, 3.05) is 13.1 Å². The first-order chi connectivity index (χ1) is 10.2. The highest BCUT2D eigenvalue weighted by Crippen LogP contribution is 2.19. The topological polar surface area (TPSA) is 12.0 Å². The van der Waals surface area contributed by atoms with Gasteiger partial charge in [0.05, 0.1) is 0 Å². The molecule has 1 N–H and O–H groups in total. The average molecular weight is 289 g/mol. The standard InChI is InChI=1S/C18H21F2N/c1-2-21-13-15(11-14-7-4-3-5-8-14)12-16-17(19)9-6-10-18(16)20/h3-10,15,21H,2,11-13H2,1H3. The average Bonchev–Trinajstić information content (AvgIpc) is 2.49. The molecule has 0 saturated carbocycles. The molecule has 0 aromatic heterocycles. The molecule has 0 spiro atoms. The third-order valence-electron chi connectivity index (χ3n) is 3.60. The summed E-state index contributed by atoms with van der Waals surface area (Å²) in [6, 6.07) is 14.1. The Balaban J connectivity index is 2.12. The molecule has 0 aliphatic rings. The Bertz CT molecular complexity index is 534. The number of halogens is 2. The fourth-order valence-electron chi connectivity index (χ4n) is 2.53. The molecule has 1 nitrogen and oxygen atoms in total. The number of nitrogens with one attached hydrogen (secondary N) is 1. The normalized spacial score (nSPS) is 12.3. The van der Waals surface area contributed by atoms with E-state index >= 15 is 0 Å². The van der Waals surface area contributed by atoms with Crippen LogP contribution in [-0.4, -0.2) is 13.1 Å². The van der Waals surface area contributed by atoms with E-state index in [2.05, 4.69) is 17.4 Å². The molecule has 112 valence electrons. The highest BCUT2D eigenvalue weighted by Gasteiger charge is 2.16. The molecule has 0 saturated heterocycles. The van der Waals surface area contributed by atoms with E-state index < -0.39 is 11.6 Å². The lowest BCUT2D eigenvalue weighted by molar-refractivity contribution is 0.452. The monoisotopic (exact) mass is 289 g/mol. The van der Waals surface area contributed by atoms with Gasteiger partial charge in [0.25, 0.3) is 0 Å². The maximum Gasteiger partial charge on any atom is 0.129 e. The van der Waals surface area contributed by atoms with Crippen LogP contribution >= 0.6 is 0 Å². The van der Waals surface area contributed by atoms with Gasteiger partial charge in [0.2, 0.25) is 0 Å². The Labute approximate surface area is 125 Å². The van der Waals surface area contributed by atoms with E-state index in [9.17, 15) is 8.78 Å². The van der Waals surface area contributed by atoms with Crippen molar-refractivity contribution in [1.82, 2.24) is 5.32 Å². The van der Waals surface area contributed by atoms with Crippen LogP contribution in [0.15, 0.2) is 48.5 Å². The molecule has 0 fully saturated rings. The zero-order valence-electron chi connectivity index (χ0n) is 12.3. The van der Waals surface area contributed by atoms with Gasteiger partial charge in [0.1, 0.15) is 11.6 Å². The van der Waals surface area contributed by atoms with E-state index in [1.54, 1.807) is 0 Å². The summed E-state index contributed by atoms with van der Waals surface area (Å²) < 4.78 is 27.6. The highest BCUT2D eigenvalue weighted by molar-refractivity contribution is 5.21. The van der Waals surface area contributed by atoms with E-state index in [0.717, 1.165) is 19.5 Å². The van der Waals surface area contributed by atoms with Crippen LogP contribution in [0.2, 0.25) is 0 Å². The van der Waals surface area contributed by atoms with Crippen LogP contribution in [0.1, 0.15) is 18.1 Å². The van der Waals surface area contributed by atoms with Crippen LogP contribution in [0.25, 0.3) is 0 Å². The molecule has 1 unspecified atom stereocenters. The molecular formula is C18H21F2N. The molecule has 0 heterocycles. The second kappa shape index (κ2) is 7.89. The Kier molecular flexibility index (Phi) is 5.88. The van der Waals surface area contributed by atoms with E-state index in [4.69, 9.17) is 0 Å². The molecule has 1 atom stereocenters. The fraction of sp³-hybridized carbons (Fsp3) is 0.333. The van der Waals surface area contributed by atoms with Gasteiger partial charge in [-0.05, 0) is 49.5 Å². The number of benzene rings is 2. The second-order valence-electron chi connectivity index (χ2n) is 5.27. The summed E-state index contributed by atoms with van der Waals surface area (Å²) in [4.78, 5) is 0. The molecule has 0 aliphatic carbocycles. The van der Waals surface area contributed by atoms with E-state index in [1.807, 2.05) is 25.1 Å². The van der Waals surface area contributed by atoms with Crippen molar-refractivity contribution in [3.8, 4) is 0 Å². The summed E-state index contributed by atoms with van der Waals surface area (Å²) in [5.41, 5.74) is 1.38. The minimum atomic E-state index is -0.454. The molecule has 2 aromatic rings. The lowest BCUT2D eigenvalue weighted by Crippen LogP contribution is -2.26. The lowest BCUT2D eigenvalue weighted by Gasteiger charge is -2.18. The third kappa shape index (κ3) is 4.64. The summed E-state index contributed by atoms with van der Waals surface area (Å²) in [7, 11) is 0.